The highest BCUT2D eigenvalue weighted by atomic mass is 127. The number of halogens is 2. The molecule has 3 aromatic carbocycles. The number of Topliss-reactive ketones (excluding diaryl/α,β-unsaturated/α-hetero) is 1. The molecule has 1 heterocycles. The van der Waals surface area contributed by atoms with E-state index in [-0.39, 0.29) is 17.7 Å². The van der Waals surface area contributed by atoms with Crippen molar-refractivity contribution in [3.63, 3.8) is 0 Å². The molecule has 2 amide bonds. The molecule has 1 aliphatic heterocycles. The lowest BCUT2D eigenvalue weighted by Crippen LogP contribution is -2.55. The Morgan fingerprint density at radius 2 is 1.62 bits per heavy atom. The monoisotopic (exact) mass is 661 g/mol. The highest BCUT2D eigenvalue weighted by Crippen LogP contribution is 2.32. The van der Waals surface area contributed by atoms with E-state index in [1.54, 1.807) is 24.3 Å². The molecule has 40 heavy (non-hydrogen) atoms. The van der Waals surface area contributed by atoms with Gasteiger partial charge in [0.1, 0.15) is 11.5 Å². The quantitative estimate of drug-likeness (QED) is 0.165. The third kappa shape index (κ3) is 6.89. The SMILES string of the molecule is COC(=O)c1ccc(OC(F)(C(=O)Cc2ccc(NC(=O)Nc3ccccc3I)c(OC)c2)N2CCCC2)cc1. The summed E-state index contributed by atoms with van der Waals surface area (Å²) in [6.07, 6.45) is 1.20. The lowest BCUT2D eigenvalue weighted by Gasteiger charge is -2.33. The summed E-state index contributed by atoms with van der Waals surface area (Å²) in [6.45, 7) is 0.730. The third-order valence-corrected chi connectivity index (χ3v) is 7.33. The molecule has 0 aliphatic carbocycles. The number of benzene rings is 3. The van der Waals surface area contributed by atoms with Gasteiger partial charge in [-0.25, -0.2) is 14.5 Å². The number of ether oxygens (including phenoxy) is 3. The molecule has 11 heteroatoms. The van der Waals surface area contributed by atoms with Crippen molar-refractivity contribution in [2.24, 2.45) is 0 Å². The number of alkyl halides is 1. The molecule has 1 saturated heterocycles. The summed E-state index contributed by atoms with van der Waals surface area (Å²) in [5, 5.41) is 5.52. The van der Waals surface area contributed by atoms with Gasteiger partial charge in [0.05, 0.1) is 31.2 Å². The Balaban J connectivity index is 1.49. The van der Waals surface area contributed by atoms with E-state index >= 15 is 4.39 Å². The molecule has 2 N–H and O–H groups in total. The van der Waals surface area contributed by atoms with Crippen LogP contribution in [0.1, 0.15) is 28.8 Å². The topological polar surface area (TPSA) is 106 Å². The number of para-hydroxylation sites is 1. The van der Waals surface area contributed by atoms with E-state index in [1.165, 1.54) is 43.4 Å². The summed E-state index contributed by atoms with van der Waals surface area (Å²) < 4.78 is 33.1. The summed E-state index contributed by atoms with van der Waals surface area (Å²) in [5.41, 5.74) is 1.80. The average Bonchev–Trinajstić information content (AvgIpc) is 3.51. The van der Waals surface area contributed by atoms with Gasteiger partial charge in [-0.3, -0.25) is 4.79 Å². The smallest absolute Gasteiger partial charge is 0.371 e. The lowest BCUT2D eigenvalue weighted by molar-refractivity contribution is -0.191. The first-order valence-electron chi connectivity index (χ1n) is 12.6. The molecular weight excluding hydrogens is 632 g/mol. The Hall–Kier alpha value is -3.71. The molecule has 1 aliphatic rings. The van der Waals surface area contributed by atoms with Gasteiger partial charge in [0.25, 0.3) is 0 Å². The number of rotatable bonds is 10. The van der Waals surface area contributed by atoms with Crippen molar-refractivity contribution in [2.75, 3.05) is 37.9 Å². The number of esters is 1. The van der Waals surface area contributed by atoms with Crippen LogP contribution in [-0.2, 0) is 16.0 Å². The number of carbonyl (C=O) groups excluding carboxylic acids is 3. The number of urea groups is 1. The number of likely N-dealkylation sites (tertiary alicyclic amines) is 1. The van der Waals surface area contributed by atoms with Gasteiger partial charge >= 0.3 is 18.0 Å². The van der Waals surface area contributed by atoms with Crippen LogP contribution in [-0.4, -0.2) is 56.0 Å². The van der Waals surface area contributed by atoms with Gasteiger partial charge in [-0.2, -0.15) is 4.39 Å². The van der Waals surface area contributed by atoms with E-state index in [1.807, 2.05) is 18.2 Å². The molecule has 9 nitrogen and oxygen atoms in total. The van der Waals surface area contributed by atoms with E-state index in [9.17, 15) is 14.4 Å². The number of methoxy groups -OCH3 is 2. The molecule has 1 fully saturated rings. The first-order valence-corrected chi connectivity index (χ1v) is 13.7. The number of hydrogen-bond donors (Lipinski definition) is 2. The molecule has 0 aromatic heterocycles. The van der Waals surface area contributed by atoms with Gasteiger partial charge in [0.15, 0.2) is 0 Å². The van der Waals surface area contributed by atoms with Crippen molar-refractivity contribution in [1.29, 1.82) is 0 Å². The van der Waals surface area contributed by atoms with Gasteiger partial charge in [-0.05, 0) is 89.5 Å². The molecule has 210 valence electrons. The molecule has 3 aromatic rings. The second-order valence-corrected chi connectivity index (χ2v) is 10.2. The van der Waals surface area contributed by atoms with Gasteiger partial charge < -0.3 is 24.8 Å². The molecule has 0 spiro atoms. The fourth-order valence-electron chi connectivity index (χ4n) is 4.32. The summed E-state index contributed by atoms with van der Waals surface area (Å²) in [5.74, 6) is -3.61. The predicted octanol–water partition coefficient (Wildman–Crippen LogP) is 5.64. The second kappa shape index (κ2) is 13.1. The lowest BCUT2D eigenvalue weighted by atomic mass is 10.1. The zero-order valence-electron chi connectivity index (χ0n) is 22.0. The number of carbonyl (C=O) groups is 3. The number of amides is 2. The van der Waals surface area contributed by atoms with Gasteiger partial charge in [0.2, 0.25) is 5.78 Å². The van der Waals surface area contributed by atoms with Crippen LogP contribution in [0, 0.1) is 3.57 Å². The zero-order valence-corrected chi connectivity index (χ0v) is 24.2. The molecule has 0 bridgehead atoms. The number of ketones is 1. The van der Waals surface area contributed by atoms with E-state index < -0.39 is 23.8 Å². The zero-order chi connectivity index (χ0) is 28.7. The predicted molar refractivity (Wildman–Crippen MR) is 157 cm³/mol. The minimum Gasteiger partial charge on any atom is -0.495 e. The summed E-state index contributed by atoms with van der Waals surface area (Å²) in [7, 11) is 2.71. The number of hydrogen-bond acceptors (Lipinski definition) is 7. The number of nitrogens with one attached hydrogen (secondary N) is 2. The van der Waals surface area contributed by atoms with Crippen molar-refractivity contribution < 1.29 is 33.0 Å². The van der Waals surface area contributed by atoms with Crippen molar-refractivity contribution in [3.05, 3.63) is 81.4 Å². The minimum atomic E-state index is -2.71. The van der Waals surface area contributed by atoms with Crippen LogP contribution in [0.15, 0.2) is 66.7 Å². The first kappa shape index (κ1) is 29.3. The van der Waals surface area contributed by atoms with Crippen LogP contribution in [0.4, 0.5) is 20.6 Å². The number of nitrogens with zero attached hydrogens (tertiary/aromatic N) is 1. The van der Waals surface area contributed by atoms with Crippen LogP contribution >= 0.6 is 22.6 Å². The molecular formula is C29H29FIN3O6. The van der Waals surface area contributed by atoms with Crippen molar-refractivity contribution >= 4 is 51.7 Å². The Bertz CT molecular complexity index is 1380. The number of anilines is 2. The fourth-order valence-corrected chi connectivity index (χ4v) is 4.84. The summed E-state index contributed by atoms with van der Waals surface area (Å²) in [4.78, 5) is 39.1. The van der Waals surface area contributed by atoms with Crippen LogP contribution in [0.5, 0.6) is 11.5 Å². The largest absolute Gasteiger partial charge is 0.495 e. The minimum absolute atomic E-state index is 0.103. The molecule has 0 radical (unpaired) electrons. The molecule has 1 unspecified atom stereocenters. The van der Waals surface area contributed by atoms with Crippen LogP contribution in [0.3, 0.4) is 0 Å². The second-order valence-electron chi connectivity index (χ2n) is 9.07. The van der Waals surface area contributed by atoms with Gasteiger partial charge in [0, 0.05) is 23.1 Å². The van der Waals surface area contributed by atoms with E-state index in [0.29, 0.717) is 35.8 Å². The van der Waals surface area contributed by atoms with Crippen molar-refractivity contribution in [2.45, 2.75) is 25.2 Å². The maximum Gasteiger partial charge on any atom is 0.371 e. The first-order chi connectivity index (χ1) is 19.2. The highest BCUT2D eigenvalue weighted by molar-refractivity contribution is 14.1. The summed E-state index contributed by atoms with van der Waals surface area (Å²) >= 11 is 2.12. The average molecular weight is 661 g/mol. The van der Waals surface area contributed by atoms with Crippen LogP contribution < -0.4 is 20.1 Å². The van der Waals surface area contributed by atoms with E-state index in [0.717, 1.165) is 16.4 Å². The highest BCUT2D eigenvalue weighted by Gasteiger charge is 2.48. The van der Waals surface area contributed by atoms with Gasteiger partial charge in [-0.15, -0.1) is 0 Å². The van der Waals surface area contributed by atoms with E-state index in [2.05, 4.69) is 38.0 Å². The maximum atomic E-state index is 16.4. The molecule has 0 saturated carbocycles. The Labute approximate surface area is 245 Å². The molecule has 4 rings (SSSR count). The summed E-state index contributed by atoms with van der Waals surface area (Å²) in [6, 6.07) is 17.4. The standard InChI is InChI=1S/C29H29FIN3O6/c1-38-25-17-19(9-14-24(25)33-28(37)32-23-8-4-3-7-22(23)31)18-26(35)29(30,34-15-5-6-16-34)40-21-12-10-20(11-13-21)27(36)39-2/h3-4,7-14,17H,5-6,15-16,18H2,1-2H3,(H2,32,33,37). The van der Waals surface area contributed by atoms with Crippen molar-refractivity contribution in [3.8, 4) is 11.5 Å². The maximum absolute atomic E-state index is 16.4. The molecule has 1 atom stereocenters. The van der Waals surface area contributed by atoms with Crippen LogP contribution in [0.2, 0.25) is 0 Å². The van der Waals surface area contributed by atoms with E-state index in [4.69, 9.17) is 9.47 Å². The van der Waals surface area contributed by atoms with Crippen molar-refractivity contribution in [1.82, 2.24) is 4.90 Å². The third-order valence-electron chi connectivity index (χ3n) is 6.39. The normalized spacial score (nSPS) is 14.6. The van der Waals surface area contributed by atoms with Gasteiger partial charge in [-0.1, -0.05) is 18.2 Å². The Kier molecular flexibility index (Phi) is 9.58. The fraction of sp³-hybridized carbons (Fsp3) is 0.276. The Morgan fingerprint density at radius 3 is 2.27 bits per heavy atom. The Morgan fingerprint density at radius 1 is 0.950 bits per heavy atom. The van der Waals surface area contributed by atoms with Crippen LogP contribution in [0.25, 0.3) is 0 Å².